The van der Waals surface area contributed by atoms with Crippen molar-refractivity contribution in [2.45, 2.75) is 51.0 Å². The third-order valence-corrected chi connectivity index (χ3v) is 5.48. The molecule has 0 aliphatic rings. The molecule has 0 fully saturated rings. The topological polar surface area (TPSA) is 200 Å². The van der Waals surface area contributed by atoms with Gasteiger partial charge >= 0.3 is 12.1 Å². The van der Waals surface area contributed by atoms with Crippen molar-refractivity contribution in [1.29, 1.82) is 0 Å². The van der Waals surface area contributed by atoms with Crippen LogP contribution in [0.4, 0.5) is 10.5 Å². The van der Waals surface area contributed by atoms with Crippen molar-refractivity contribution in [3.05, 3.63) is 75.8 Å². The zero-order chi connectivity index (χ0) is 28.2. The van der Waals surface area contributed by atoms with E-state index in [1.165, 1.54) is 31.2 Å². The molecular weight excluding hydrogens is 500 g/mol. The summed E-state index contributed by atoms with van der Waals surface area (Å²) in [6.45, 7) is 2.79. The van der Waals surface area contributed by atoms with Crippen molar-refractivity contribution in [3.8, 4) is 0 Å². The lowest BCUT2D eigenvalue weighted by molar-refractivity contribution is -0.384. The molecule has 0 aromatic heterocycles. The highest BCUT2D eigenvalue weighted by Crippen LogP contribution is 2.27. The molecule has 0 saturated carbocycles. The molecular formula is C25H30N4O9. The molecule has 38 heavy (non-hydrogen) atoms. The lowest BCUT2D eigenvalue weighted by Crippen LogP contribution is -2.58. The van der Waals surface area contributed by atoms with Gasteiger partial charge in [-0.2, -0.15) is 0 Å². The molecule has 13 heteroatoms. The number of amides is 3. The van der Waals surface area contributed by atoms with Crippen molar-refractivity contribution in [2.24, 2.45) is 5.73 Å². The van der Waals surface area contributed by atoms with Gasteiger partial charge in [-0.15, -0.1) is 0 Å². The van der Waals surface area contributed by atoms with Gasteiger partial charge in [0.15, 0.2) is 0 Å². The predicted molar refractivity (Wildman–Crippen MR) is 133 cm³/mol. The number of primary amides is 1. The average molecular weight is 531 g/mol. The quantitative estimate of drug-likeness (QED) is 0.167. The van der Waals surface area contributed by atoms with Crippen molar-refractivity contribution >= 4 is 29.6 Å². The summed E-state index contributed by atoms with van der Waals surface area (Å²) in [5.74, 6) is -3.78. The van der Waals surface area contributed by atoms with E-state index >= 15 is 0 Å². The van der Waals surface area contributed by atoms with Gasteiger partial charge < -0.3 is 30.9 Å². The second kappa shape index (κ2) is 14.3. The number of hydrogen-bond donors (Lipinski definition) is 4. The van der Waals surface area contributed by atoms with Gasteiger partial charge in [0.1, 0.15) is 18.7 Å². The number of benzene rings is 2. The number of non-ortho nitro benzene ring substituents is 1. The Balaban J connectivity index is 2.23. The van der Waals surface area contributed by atoms with Crippen LogP contribution in [0.2, 0.25) is 0 Å². The van der Waals surface area contributed by atoms with Gasteiger partial charge in [-0.1, -0.05) is 42.5 Å². The molecule has 5 N–H and O–H groups in total. The Morgan fingerprint density at radius 1 is 1.00 bits per heavy atom. The highest BCUT2D eigenvalue weighted by molar-refractivity contribution is 5.92. The number of aliphatic hydroxyl groups is 1. The molecule has 0 heterocycles. The smallest absolute Gasteiger partial charge is 0.408 e. The number of nitrogens with one attached hydrogen (secondary N) is 2. The molecule has 2 rings (SSSR count). The van der Waals surface area contributed by atoms with Gasteiger partial charge in [0.05, 0.1) is 24.1 Å². The number of ether oxygens (including phenoxy) is 2. The Hall–Kier alpha value is -4.52. The lowest BCUT2D eigenvalue weighted by atomic mass is 9.87. The first kappa shape index (κ1) is 29.7. The Labute approximate surface area is 218 Å². The number of aliphatic hydroxyl groups excluding tert-OH is 1. The van der Waals surface area contributed by atoms with Crippen LogP contribution in [0, 0.1) is 10.1 Å². The minimum absolute atomic E-state index is 0.0541. The van der Waals surface area contributed by atoms with Crippen molar-refractivity contribution in [3.63, 3.8) is 0 Å². The second-order valence-corrected chi connectivity index (χ2v) is 8.28. The van der Waals surface area contributed by atoms with Gasteiger partial charge in [-0.25, -0.2) is 4.79 Å². The van der Waals surface area contributed by atoms with Crippen molar-refractivity contribution in [1.82, 2.24) is 10.6 Å². The normalized spacial score (nSPS) is 13.8. The summed E-state index contributed by atoms with van der Waals surface area (Å²) in [7, 11) is 0. The van der Waals surface area contributed by atoms with Crippen LogP contribution in [0.15, 0.2) is 54.6 Å². The van der Waals surface area contributed by atoms with Crippen LogP contribution in [0.5, 0.6) is 0 Å². The summed E-state index contributed by atoms with van der Waals surface area (Å²) < 4.78 is 10.1. The van der Waals surface area contributed by atoms with E-state index in [2.05, 4.69) is 10.6 Å². The van der Waals surface area contributed by atoms with Crippen LogP contribution in [0.25, 0.3) is 0 Å². The average Bonchev–Trinajstić information content (AvgIpc) is 2.88. The molecule has 2 aromatic carbocycles. The van der Waals surface area contributed by atoms with Crippen LogP contribution in [0.3, 0.4) is 0 Å². The third kappa shape index (κ3) is 8.85. The second-order valence-electron chi connectivity index (χ2n) is 8.28. The van der Waals surface area contributed by atoms with E-state index < -0.39 is 59.3 Å². The monoisotopic (exact) mass is 530 g/mol. The standard InChI is InChI=1S/C25H30N4O9/c1-3-37-20(31)13-19(17-9-11-18(12-10-17)29(35)36)22(23(26)32)27-24(33)21(15(2)30)28-25(34)38-14-16-7-5-4-6-8-16/h4-12,15,19,21-22,30H,3,13-14H2,1-2H3,(H2,26,32)(H,27,33)(H,28,34)/t15-,19-,21+,22-/m1/s1. The zero-order valence-corrected chi connectivity index (χ0v) is 20.9. The summed E-state index contributed by atoms with van der Waals surface area (Å²) in [6, 6.07) is 10.7. The number of nitrogens with two attached hydrogens (primary N) is 1. The van der Waals surface area contributed by atoms with E-state index in [4.69, 9.17) is 15.2 Å². The Morgan fingerprint density at radius 3 is 2.16 bits per heavy atom. The predicted octanol–water partition coefficient (Wildman–Crippen LogP) is 1.28. The van der Waals surface area contributed by atoms with Gasteiger partial charge in [0.2, 0.25) is 11.8 Å². The number of esters is 1. The van der Waals surface area contributed by atoms with Crippen molar-refractivity contribution in [2.75, 3.05) is 6.61 Å². The van der Waals surface area contributed by atoms with Gasteiger partial charge in [0.25, 0.3) is 5.69 Å². The number of rotatable bonds is 13. The maximum atomic E-state index is 13.0. The summed E-state index contributed by atoms with van der Waals surface area (Å²) in [4.78, 5) is 60.4. The summed E-state index contributed by atoms with van der Waals surface area (Å²) >= 11 is 0. The Kier molecular flexibility index (Phi) is 11.2. The maximum absolute atomic E-state index is 13.0. The van der Waals surface area contributed by atoms with E-state index in [-0.39, 0.29) is 24.5 Å². The van der Waals surface area contributed by atoms with E-state index in [9.17, 15) is 34.4 Å². The maximum Gasteiger partial charge on any atom is 0.408 e. The van der Waals surface area contributed by atoms with Crippen LogP contribution >= 0.6 is 0 Å². The number of nitro benzene ring substituents is 1. The van der Waals surface area contributed by atoms with E-state index in [1.807, 2.05) is 0 Å². The highest BCUT2D eigenvalue weighted by atomic mass is 16.6. The molecule has 0 saturated heterocycles. The molecule has 204 valence electrons. The molecule has 3 amide bonds. The number of nitrogens with zero attached hydrogens (tertiary/aromatic N) is 1. The largest absolute Gasteiger partial charge is 0.466 e. The van der Waals surface area contributed by atoms with Gasteiger partial charge in [-0.3, -0.25) is 24.5 Å². The first-order chi connectivity index (χ1) is 18.0. The Bertz CT molecular complexity index is 1120. The molecule has 4 atom stereocenters. The van der Waals surface area contributed by atoms with Crippen molar-refractivity contribution < 1.29 is 38.7 Å². The number of carbonyl (C=O) groups is 4. The van der Waals surface area contributed by atoms with Crippen LogP contribution in [-0.4, -0.2) is 58.7 Å². The summed E-state index contributed by atoms with van der Waals surface area (Å²) in [6.07, 6.45) is -2.80. The molecule has 0 radical (unpaired) electrons. The van der Waals surface area contributed by atoms with Gasteiger partial charge in [0, 0.05) is 18.1 Å². The zero-order valence-electron chi connectivity index (χ0n) is 20.9. The fraction of sp³-hybridized carbons (Fsp3) is 0.360. The Morgan fingerprint density at radius 2 is 1.63 bits per heavy atom. The number of nitro groups is 1. The van der Waals surface area contributed by atoms with E-state index in [1.54, 1.807) is 37.3 Å². The molecule has 0 aliphatic heterocycles. The van der Waals surface area contributed by atoms with E-state index in [0.717, 1.165) is 0 Å². The fourth-order valence-electron chi connectivity index (χ4n) is 3.58. The summed E-state index contributed by atoms with van der Waals surface area (Å²) in [5.41, 5.74) is 6.31. The molecule has 2 aromatic rings. The van der Waals surface area contributed by atoms with E-state index in [0.29, 0.717) is 5.56 Å². The minimum Gasteiger partial charge on any atom is -0.466 e. The molecule has 0 aliphatic carbocycles. The summed E-state index contributed by atoms with van der Waals surface area (Å²) in [5, 5.41) is 25.8. The van der Waals surface area contributed by atoms with Crippen LogP contribution in [-0.2, 0) is 30.5 Å². The minimum atomic E-state index is -1.54. The highest BCUT2D eigenvalue weighted by Gasteiger charge is 2.35. The first-order valence-corrected chi connectivity index (χ1v) is 11.7. The number of carbonyl (C=O) groups excluding carboxylic acids is 4. The molecule has 0 spiro atoms. The molecule has 0 unspecified atom stereocenters. The number of alkyl carbamates (subject to hydrolysis) is 1. The molecule has 0 bridgehead atoms. The molecule has 13 nitrogen and oxygen atoms in total. The number of hydrogen-bond acceptors (Lipinski definition) is 9. The lowest BCUT2D eigenvalue weighted by Gasteiger charge is -2.28. The SMILES string of the molecule is CCOC(=O)C[C@H](c1ccc([N+](=O)[O-])cc1)[C@@H](NC(=O)[C@@H](NC(=O)OCc1ccccc1)[C@@H](C)O)C(N)=O. The fourth-order valence-corrected chi connectivity index (χ4v) is 3.58. The third-order valence-electron chi connectivity index (χ3n) is 5.48. The van der Waals surface area contributed by atoms with Gasteiger partial charge in [-0.05, 0) is 25.0 Å². The van der Waals surface area contributed by atoms with Crippen LogP contribution in [0.1, 0.15) is 37.3 Å². The first-order valence-electron chi connectivity index (χ1n) is 11.7. The van der Waals surface area contributed by atoms with Crippen LogP contribution < -0.4 is 16.4 Å².